The molecule has 9 aromatic rings. The highest BCUT2D eigenvalue weighted by Crippen LogP contribution is 2.43. The third kappa shape index (κ3) is 4.51. The summed E-state index contributed by atoms with van der Waals surface area (Å²) in [6.07, 6.45) is 0. The molecule has 0 spiro atoms. The molecule has 0 bridgehead atoms. The van der Waals surface area contributed by atoms with Crippen LogP contribution >= 0.6 is 0 Å². The van der Waals surface area contributed by atoms with Gasteiger partial charge in [0.1, 0.15) is 11.2 Å². The zero-order valence-corrected chi connectivity index (χ0v) is 25.1. The fourth-order valence-corrected chi connectivity index (χ4v) is 6.72. The zero-order valence-electron chi connectivity index (χ0n) is 25.1. The van der Waals surface area contributed by atoms with Gasteiger partial charge in [-0.25, -0.2) is 0 Å². The van der Waals surface area contributed by atoms with Gasteiger partial charge in [-0.2, -0.15) is 0 Å². The Balaban J connectivity index is 1.13. The first-order chi connectivity index (χ1) is 22.8. The first-order valence-corrected chi connectivity index (χ1v) is 15.7. The molecule has 46 heavy (non-hydrogen) atoms. The molecule has 0 saturated heterocycles. The summed E-state index contributed by atoms with van der Waals surface area (Å²) < 4.78 is 6.28. The molecular weight excluding hydrogens is 558 g/mol. The van der Waals surface area contributed by atoms with Gasteiger partial charge in [0.15, 0.2) is 0 Å². The van der Waals surface area contributed by atoms with Crippen LogP contribution in [0.4, 0.5) is 17.1 Å². The van der Waals surface area contributed by atoms with Crippen LogP contribution in [0.5, 0.6) is 0 Å². The first kappa shape index (κ1) is 26.3. The number of hydrogen-bond acceptors (Lipinski definition) is 2. The first-order valence-electron chi connectivity index (χ1n) is 15.7. The van der Waals surface area contributed by atoms with Gasteiger partial charge < -0.3 is 9.32 Å². The summed E-state index contributed by atoms with van der Waals surface area (Å²) in [4.78, 5) is 2.34. The van der Waals surface area contributed by atoms with Crippen LogP contribution in [-0.4, -0.2) is 0 Å². The fraction of sp³-hybridized carbons (Fsp3) is 0. The Labute approximate surface area is 267 Å². The van der Waals surface area contributed by atoms with E-state index < -0.39 is 0 Å². The summed E-state index contributed by atoms with van der Waals surface area (Å²) >= 11 is 0. The third-order valence-electron chi connectivity index (χ3n) is 9.02. The van der Waals surface area contributed by atoms with Gasteiger partial charge in [-0.05, 0) is 98.4 Å². The minimum Gasteiger partial charge on any atom is -0.456 e. The molecule has 0 amide bonds. The molecule has 0 aliphatic rings. The number of fused-ring (bicyclic) bond motifs is 5. The van der Waals surface area contributed by atoms with Gasteiger partial charge in [-0.15, -0.1) is 0 Å². The minimum atomic E-state index is 0.884. The Bertz CT molecular complexity index is 2530. The summed E-state index contributed by atoms with van der Waals surface area (Å²) in [5, 5.41) is 7.15. The average Bonchev–Trinajstić information content (AvgIpc) is 3.51. The SMILES string of the molecule is c1ccc(N(c2ccc3ccc(-c4ccc(-c5ccc6ccccc6c5)cc4)cc3c2)c2cccc3oc4ccccc4c23)cc1. The lowest BCUT2D eigenvalue weighted by Gasteiger charge is -2.26. The van der Waals surface area contributed by atoms with Crippen LogP contribution in [0.2, 0.25) is 0 Å². The van der Waals surface area contributed by atoms with E-state index in [1.54, 1.807) is 0 Å². The number of nitrogens with zero attached hydrogens (tertiary/aromatic N) is 1. The molecule has 0 saturated carbocycles. The average molecular weight is 588 g/mol. The topological polar surface area (TPSA) is 16.4 Å². The van der Waals surface area contributed by atoms with Crippen molar-refractivity contribution in [3.05, 3.63) is 176 Å². The smallest absolute Gasteiger partial charge is 0.137 e. The van der Waals surface area contributed by atoms with Crippen molar-refractivity contribution in [1.82, 2.24) is 0 Å². The highest BCUT2D eigenvalue weighted by Gasteiger charge is 2.19. The Kier molecular flexibility index (Phi) is 6.17. The predicted octanol–water partition coefficient (Wildman–Crippen LogP) is 12.7. The van der Waals surface area contributed by atoms with E-state index in [1.165, 1.54) is 43.8 Å². The van der Waals surface area contributed by atoms with E-state index in [0.717, 1.165) is 39.0 Å². The van der Waals surface area contributed by atoms with Crippen LogP contribution in [0.15, 0.2) is 180 Å². The second-order valence-corrected chi connectivity index (χ2v) is 11.8. The van der Waals surface area contributed by atoms with E-state index in [0.29, 0.717) is 0 Å². The molecule has 9 rings (SSSR count). The maximum absolute atomic E-state index is 6.28. The number of hydrogen-bond donors (Lipinski definition) is 0. The van der Waals surface area contributed by atoms with Gasteiger partial charge in [0.05, 0.1) is 11.1 Å². The molecule has 2 heteroatoms. The van der Waals surface area contributed by atoms with Crippen molar-refractivity contribution in [1.29, 1.82) is 0 Å². The monoisotopic (exact) mass is 587 g/mol. The van der Waals surface area contributed by atoms with Crippen LogP contribution < -0.4 is 4.90 Å². The Morgan fingerprint density at radius 2 is 0.935 bits per heavy atom. The Hall–Kier alpha value is -6.12. The molecule has 1 aromatic heterocycles. The quantitative estimate of drug-likeness (QED) is 0.199. The van der Waals surface area contributed by atoms with Crippen molar-refractivity contribution < 1.29 is 4.42 Å². The van der Waals surface area contributed by atoms with Gasteiger partial charge in [0.25, 0.3) is 0 Å². The lowest BCUT2D eigenvalue weighted by Crippen LogP contribution is -2.10. The van der Waals surface area contributed by atoms with E-state index in [-0.39, 0.29) is 0 Å². The van der Waals surface area contributed by atoms with E-state index in [4.69, 9.17) is 4.42 Å². The molecule has 0 unspecified atom stereocenters. The van der Waals surface area contributed by atoms with Gasteiger partial charge >= 0.3 is 0 Å². The van der Waals surface area contributed by atoms with Crippen molar-refractivity contribution in [2.45, 2.75) is 0 Å². The molecule has 8 aromatic carbocycles. The van der Waals surface area contributed by atoms with Crippen molar-refractivity contribution in [3.8, 4) is 22.3 Å². The number of para-hydroxylation sites is 2. The van der Waals surface area contributed by atoms with E-state index >= 15 is 0 Å². The summed E-state index contributed by atoms with van der Waals surface area (Å²) in [6, 6.07) is 62.8. The lowest BCUT2D eigenvalue weighted by atomic mass is 9.97. The minimum absolute atomic E-state index is 0.884. The second kappa shape index (κ2) is 10.8. The van der Waals surface area contributed by atoms with Gasteiger partial charge in [-0.3, -0.25) is 0 Å². The molecule has 0 aliphatic carbocycles. The molecular formula is C44H29NO. The number of furan rings is 1. The molecule has 0 aliphatic heterocycles. The maximum Gasteiger partial charge on any atom is 0.137 e. The highest BCUT2D eigenvalue weighted by atomic mass is 16.3. The van der Waals surface area contributed by atoms with Gasteiger partial charge in [0, 0.05) is 16.8 Å². The normalized spacial score (nSPS) is 11.5. The predicted molar refractivity (Wildman–Crippen MR) is 194 cm³/mol. The second-order valence-electron chi connectivity index (χ2n) is 11.8. The molecule has 0 N–H and O–H groups in total. The van der Waals surface area contributed by atoms with Crippen molar-refractivity contribution in [2.75, 3.05) is 4.90 Å². The number of anilines is 3. The van der Waals surface area contributed by atoms with E-state index in [1.807, 2.05) is 12.1 Å². The molecule has 0 radical (unpaired) electrons. The third-order valence-corrected chi connectivity index (χ3v) is 9.02. The number of rotatable bonds is 5. The van der Waals surface area contributed by atoms with Crippen LogP contribution in [0, 0.1) is 0 Å². The maximum atomic E-state index is 6.28. The molecule has 2 nitrogen and oxygen atoms in total. The molecule has 216 valence electrons. The van der Waals surface area contributed by atoms with Crippen LogP contribution in [0.1, 0.15) is 0 Å². The lowest BCUT2D eigenvalue weighted by molar-refractivity contribution is 0.669. The molecule has 0 atom stereocenters. The summed E-state index contributed by atoms with van der Waals surface area (Å²) in [5.74, 6) is 0. The fourth-order valence-electron chi connectivity index (χ4n) is 6.72. The number of benzene rings is 8. The van der Waals surface area contributed by atoms with Gasteiger partial charge in [0.2, 0.25) is 0 Å². The molecule has 0 fully saturated rings. The van der Waals surface area contributed by atoms with Crippen LogP contribution in [0.25, 0.3) is 65.7 Å². The highest BCUT2D eigenvalue weighted by molar-refractivity contribution is 6.13. The Morgan fingerprint density at radius 1 is 0.348 bits per heavy atom. The van der Waals surface area contributed by atoms with Crippen LogP contribution in [-0.2, 0) is 0 Å². The summed E-state index contributed by atoms with van der Waals surface area (Å²) in [7, 11) is 0. The zero-order chi connectivity index (χ0) is 30.5. The van der Waals surface area contributed by atoms with E-state index in [2.05, 4.69) is 169 Å². The van der Waals surface area contributed by atoms with E-state index in [9.17, 15) is 0 Å². The standard InChI is InChI=1S/C44H29NO/c1-2-11-38(12-3-1)45(41-14-8-16-43-44(41)40-13-6-7-15-42(40)46-43)39-26-25-33-22-24-36(28-37(33)29-39)32-19-17-31(18-20-32)35-23-21-30-9-4-5-10-34(30)27-35/h1-29H. The summed E-state index contributed by atoms with van der Waals surface area (Å²) in [5.41, 5.74) is 9.92. The van der Waals surface area contributed by atoms with Gasteiger partial charge in [-0.1, -0.05) is 121 Å². The summed E-state index contributed by atoms with van der Waals surface area (Å²) in [6.45, 7) is 0. The Morgan fingerprint density at radius 3 is 1.72 bits per heavy atom. The largest absolute Gasteiger partial charge is 0.456 e. The van der Waals surface area contributed by atoms with Crippen LogP contribution in [0.3, 0.4) is 0 Å². The van der Waals surface area contributed by atoms with Crippen molar-refractivity contribution >= 4 is 60.5 Å². The molecule has 1 heterocycles. The van der Waals surface area contributed by atoms with Crippen molar-refractivity contribution in [2.24, 2.45) is 0 Å². The van der Waals surface area contributed by atoms with Crippen molar-refractivity contribution in [3.63, 3.8) is 0 Å².